The van der Waals surface area contributed by atoms with Gasteiger partial charge in [0, 0.05) is 30.2 Å². The average molecular weight is 319 g/mol. The predicted octanol–water partition coefficient (Wildman–Crippen LogP) is 3.46. The number of hydrogen-bond donors (Lipinski definition) is 1. The van der Waals surface area contributed by atoms with E-state index in [1.807, 2.05) is 0 Å². The lowest BCUT2D eigenvalue weighted by Gasteiger charge is -2.27. The quantitative estimate of drug-likeness (QED) is 0.942. The fourth-order valence-corrected chi connectivity index (χ4v) is 2.85. The summed E-state index contributed by atoms with van der Waals surface area (Å²) in [5.41, 5.74) is 1.51. The molecule has 3 rings (SSSR count). The molecule has 23 heavy (non-hydrogen) atoms. The zero-order chi connectivity index (χ0) is 16.6. The van der Waals surface area contributed by atoms with Crippen LogP contribution in [0.1, 0.15) is 23.5 Å². The molecule has 0 saturated heterocycles. The lowest BCUT2D eigenvalue weighted by molar-refractivity contribution is -0.116. The maximum Gasteiger partial charge on any atom is 0.225 e. The van der Waals surface area contributed by atoms with E-state index in [1.165, 1.54) is 26.4 Å². The van der Waals surface area contributed by atoms with Gasteiger partial charge in [0.1, 0.15) is 11.6 Å². The first-order valence-electron chi connectivity index (χ1n) is 7.04. The summed E-state index contributed by atoms with van der Waals surface area (Å²) in [6.07, 6.45) is 0.0744. The summed E-state index contributed by atoms with van der Waals surface area (Å²) in [5.74, 6) is -1.14. The van der Waals surface area contributed by atoms with Crippen molar-refractivity contribution >= 4 is 11.6 Å². The molecular formula is C17H15F2NO3. The summed E-state index contributed by atoms with van der Waals surface area (Å²) in [4.78, 5) is 12.0. The van der Waals surface area contributed by atoms with Gasteiger partial charge in [0.25, 0.3) is 0 Å². The predicted molar refractivity (Wildman–Crippen MR) is 81.0 cm³/mol. The third-order valence-electron chi connectivity index (χ3n) is 3.93. The van der Waals surface area contributed by atoms with E-state index in [0.717, 1.165) is 6.07 Å². The summed E-state index contributed by atoms with van der Waals surface area (Å²) >= 11 is 0. The molecule has 0 aromatic heterocycles. The van der Waals surface area contributed by atoms with Crippen LogP contribution in [0.25, 0.3) is 0 Å². The fourth-order valence-electron chi connectivity index (χ4n) is 2.85. The van der Waals surface area contributed by atoms with E-state index in [-0.39, 0.29) is 17.9 Å². The number of fused-ring (bicyclic) bond motifs is 1. The lowest BCUT2D eigenvalue weighted by atomic mass is 9.84. The van der Waals surface area contributed by atoms with Crippen LogP contribution in [0.4, 0.5) is 14.5 Å². The Balaban J connectivity index is 2.16. The zero-order valence-electron chi connectivity index (χ0n) is 12.7. The number of carbonyl (C=O) groups excluding carboxylic acids is 1. The van der Waals surface area contributed by atoms with Gasteiger partial charge in [0.2, 0.25) is 5.91 Å². The monoisotopic (exact) mass is 319 g/mol. The van der Waals surface area contributed by atoms with E-state index >= 15 is 0 Å². The normalized spacial score (nSPS) is 16.5. The van der Waals surface area contributed by atoms with Crippen LogP contribution in [0.2, 0.25) is 0 Å². The second-order valence-electron chi connectivity index (χ2n) is 5.27. The highest BCUT2D eigenvalue weighted by molar-refractivity contribution is 5.96. The number of amides is 1. The van der Waals surface area contributed by atoms with Gasteiger partial charge in [-0.3, -0.25) is 4.79 Å². The molecule has 1 aliphatic heterocycles. The lowest BCUT2D eigenvalue weighted by Crippen LogP contribution is -2.24. The zero-order valence-corrected chi connectivity index (χ0v) is 12.7. The van der Waals surface area contributed by atoms with Gasteiger partial charge in [-0.1, -0.05) is 6.07 Å². The third kappa shape index (κ3) is 2.72. The minimum absolute atomic E-state index is 0.0744. The number of ether oxygens (including phenoxy) is 2. The molecule has 2 aromatic carbocycles. The maximum atomic E-state index is 14.2. The van der Waals surface area contributed by atoms with E-state index in [4.69, 9.17) is 9.47 Å². The van der Waals surface area contributed by atoms with E-state index in [9.17, 15) is 13.6 Å². The Bertz CT molecular complexity index is 777. The van der Waals surface area contributed by atoms with Crippen molar-refractivity contribution in [3.05, 3.63) is 53.1 Å². The van der Waals surface area contributed by atoms with Crippen LogP contribution >= 0.6 is 0 Å². The van der Waals surface area contributed by atoms with Crippen molar-refractivity contribution in [2.45, 2.75) is 12.3 Å². The molecular weight excluding hydrogens is 304 g/mol. The van der Waals surface area contributed by atoms with Crippen LogP contribution in [0.3, 0.4) is 0 Å². The number of carbonyl (C=O) groups is 1. The van der Waals surface area contributed by atoms with Gasteiger partial charge in [-0.2, -0.15) is 0 Å². The smallest absolute Gasteiger partial charge is 0.225 e. The van der Waals surface area contributed by atoms with Crippen molar-refractivity contribution < 1.29 is 23.0 Å². The molecule has 0 spiro atoms. The Kier molecular flexibility index (Phi) is 3.90. The van der Waals surface area contributed by atoms with Crippen LogP contribution in [-0.2, 0) is 4.79 Å². The summed E-state index contributed by atoms with van der Waals surface area (Å²) in [6, 6.07) is 6.72. The fraction of sp³-hybridized carbons (Fsp3) is 0.235. The van der Waals surface area contributed by atoms with E-state index in [0.29, 0.717) is 22.7 Å². The summed E-state index contributed by atoms with van der Waals surface area (Å²) in [5, 5.41) is 2.75. The van der Waals surface area contributed by atoms with Crippen molar-refractivity contribution in [2.24, 2.45) is 0 Å². The molecule has 1 aliphatic rings. The molecule has 1 atom stereocenters. The number of methoxy groups -OCH3 is 2. The molecule has 1 heterocycles. The van der Waals surface area contributed by atoms with Crippen molar-refractivity contribution in [3.8, 4) is 11.5 Å². The summed E-state index contributed by atoms with van der Waals surface area (Å²) < 4.78 is 37.8. The van der Waals surface area contributed by atoms with Crippen LogP contribution in [0.5, 0.6) is 11.5 Å². The van der Waals surface area contributed by atoms with Crippen molar-refractivity contribution in [1.29, 1.82) is 0 Å². The molecule has 0 saturated carbocycles. The first-order valence-corrected chi connectivity index (χ1v) is 7.04. The number of halogens is 2. The number of anilines is 1. The molecule has 6 heteroatoms. The Morgan fingerprint density at radius 2 is 1.74 bits per heavy atom. The Labute approximate surface area is 132 Å². The number of rotatable bonds is 3. The van der Waals surface area contributed by atoms with Crippen LogP contribution < -0.4 is 14.8 Å². The van der Waals surface area contributed by atoms with Crippen LogP contribution in [-0.4, -0.2) is 20.1 Å². The number of benzene rings is 2. The summed E-state index contributed by atoms with van der Waals surface area (Å²) in [6.45, 7) is 0. The van der Waals surface area contributed by atoms with Crippen molar-refractivity contribution in [1.82, 2.24) is 0 Å². The highest BCUT2D eigenvalue weighted by Crippen LogP contribution is 2.43. The second kappa shape index (κ2) is 5.87. The SMILES string of the molecule is COc1cc2c(cc1OC)[C@H](c1ccc(F)cc1F)CC(=O)N2. The molecule has 120 valence electrons. The first-order chi connectivity index (χ1) is 11.0. The van der Waals surface area contributed by atoms with E-state index in [1.54, 1.807) is 12.1 Å². The van der Waals surface area contributed by atoms with Gasteiger partial charge in [-0.25, -0.2) is 8.78 Å². The standard InChI is InChI=1S/C17H15F2NO3/c1-22-15-6-12-11(10-4-3-9(18)5-13(10)19)7-17(21)20-14(12)8-16(15)23-2/h3-6,8,11H,7H2,1-2H3,(H,20,21)/t11-/m0/s1. The Morgan fingerprint density at radius 3 is 2.39 bits per heavy atom. The van der Waals surface area contributed by atoms with Gasteiger partial charge in [0.05, 0.1) is 14.2 Å². The van der Waals surface area contributed by atoms with Gasteiger partial charge < -0.3 is 14.8 Å². The van der Waals surface area contributed by atoms with Gasteiger partial charge >= 0.3 is 0 Å². The topological polar surface area (TPSA) is 47.6 Å². The Hall–Kier alpha value is -2.63. The third-order valence-corrected chi connectivity index (χ3v) is 3.93. The van der Waals surface area contributed by atoms with Crippen LogP contribution in [0, 0.1) is 11.6 Å². The minimum atomic E-state index is -0.676. The first kappa shape index (κ1) is 15.3. The molecule has 1 N–H and O–H groups in total. The molecule has 2 aromatic rings. The van der Waals surface area contributed by atoms with Gasteiger partial charge in [0.15, 0.2) is 11.5 Å². The highest BCUT2D eigenvalue weighted by atomic mass is 19.1. The molecule has 0 aliphatic carbocycles. The maximum absolute atomic E-state index is 14.2. The molecule has 0 radical (unpaired) electrons. The summed E-state index contributed by atoms with van der Waals surface area (Å²) in [7, 11) is 2.99. The number of nitrogens with one attached hydrogen (secondary N) is 1. The largest absolute Gasteiger partial charge is 0.493 e. The van der Waals surface area contributed by atoms with Crippen molar-refractivity contribution in [2.75, 3.05) is 19.5 Å². The number of hydrogen-bond acceptors (Lipinski definition) is 3. The van der Waals surface area contributed by atoms with Gasteiger partial charge in [-0.15, -0.1) is 0 Å². The van der Waals surface area contributed by atoms with Crippen LogP contribution in [0.15, 0.2) is 30.3 Å². The average Bonchev–Trinajstić information content (AvgIpc) is 2.53. The highest BCUT2D eigenvalue weighted by Gasteiger charge is 2.30. The van der Waals surface area contributed by atoms with Crippen molar-refractivity contribution in [3.63, 3.8) is 0 Å². The minimum Gasteiger partial charge on any atom is -0.493 e. The van der Waals surface area contributed by atoms with E-state index in [2.05, 4.69) is 5.32 Å². The molecule has 4 nitrogen and oxygen atoms in total. The molecule has 0 bridgehead atoms. The van der Waals surface area contributed by atoms with Gasteiger partial charge in [-0.05, 0) is 23.3 Å². The molecule has 0 unspecified atom stereocenters. The second-order valence-corrected chi connectivity index (χ2v) is 5.27. The Morgan fingerprint density at radius 1 is 1.04 bits per heavy atom. The van der Waals surface area contributed by atoms with E-state index < -0.39 is 17.6 Å². The molecule has 0 fully saturated rings. The molecule has 1 amide bonds.